The number of hydrogen-bond acceptors (Lipinski definition) is 2. The number of benzene rings is 2. The van der Waals surface area contributed by atoms with Crippen LogP contribution < -0.4 is 0 Å². The molecule has 2 aromatic carbocycles. The van der Waals surface area contributed by atoms with Crippen LogP contribution in [0.25, 0.3) is 10.8 Å². The largest absolute Gasteiger partial charge is 0.396 e. The van der Waals surface area contributed by atoms with Gasteiger partial charge in [0.15, 0.2) is 13.9 Å². The van der Waals surface area contributed by atoms with E-state index in [1.54, 1.807) is 0 Å². The van der Waals surface area contributed by atoms with E-state index in [9.17, 15) is 5.26 Å². The lowest BCUT2D eigenvalue weighted by atomic mass is 9.91. The lowest BCUT2D eigenvalue weighted by molar-refractivity contribution is 0.140. The first-order valence-electron chi connectivity index (χ1n) is 7.42. The first kappa shape index (κ1) is 15.8. The van der Waals surface area contributed by atoms with Crippen molar-refractivity contribution in [3.05, 3.63) is 47.5 Å². The second-order valence-electron chi connectivity index (χ2n) is 6.39. The van der Waals surface area contributed by atoms with Gasteiger partial charge in [-0.3, -0.25) is 0 Å². The van der Waals surface area contributed by atoms with Crippen molar-refractivity contribution >= 4 is 19.1 Å². The number of rotatable bonds is 4. The summed E-state index contributed by atoms with van der Waals surface area (Å²) in [6, 6.07) is 15.9. The van der Waals surface area contributed by atoms with Gasteiger partial charge in [-0.05, 0) is 43.8 Å². The van der Waals surface area contributed by atoms with Gasteiger partial charge in [0.05, 0.1) is 0 Å². The summed E-state index contributed by atoms with van der Waals surface area (Å²) in [5.74, 6) is 0. The zero-order valence-corrected chi connectivity index (χ0v) is 14.5. The van der Waals surface area contributed by atoms with Gasteiger partial charge in [0, 0.05) is 5.56 Å². The summed E-state index contributed by atoms with van der Waals surface area (Å²) in [7, 11) is -1.84. The molecular weight excluding hydrogens is 274 g/mol. The maximum absolute atomic E-state index is 9.77. The zero-order valence-electron chi connectivity index (χ0n) is 13.5. The first-order chi connectivity index (χ1) is 9.81. The summed E-state index contributed by atoms with van der Waals surface area (Å²) in [6.45, 7) is 10.4. The molecule has 2 aromatic rings. The molecule has 21 heavy (non-hydrogen) atoms. The first-order valence-corrected chi connectivity index (χ1v) is 10.5. The molecule has 0 N–H and O–H groups in total. The molecule has 110 valence electrons. The number of aryl methyl sites for hydroxylation is 1. The number of nitrogens with zero attached hydrogens (tertiary/aromatic N) is 1. The quantitative estimate of drug-likeness (QED) is 0.733. The molecule has 1 atom stereocenters. The molecule has 0 radical (unpaired) electrons. The maximum Gasteiger partial charge on any atom is 0.189 e. The van der Waals surface area contributed by atoms with Crippen LogP contribution in [0.2, 0.25) is 19.1 Å². The lowest BCUT2D eigenvalue weighted by Gasteiger charge is -2.33. The molecule has 0 amide bonds. The Balaban J connectivity index is 2.62. The maximum atomic E-state index is 9.77. The molecule has 0 aromatic heterocycles. The standard InChI is InChI=1S/C18H23NOSi/c1-6-21(4,5)20-18(3,13-19)17-9-7-8-15-11-10-14(2)12-16(15)17/h7-12H,6H2,1-5H3. The minimum Gasteiger partial charge on any atom is -0.396 e. The van der Waals surface area contributed by atoms with Gasteiger partial charge < -0.3 is 4.43 Å². The summed E-state index contributed by atoms with van der Waals surface area (Å²) in [4.78, 5) is 0. The van der Waals surface area contributed by atoms with Crippen molar-refractivity contribution in [1.82, 2.24) is 0 Å². The molecule has 2 rings (SSSR count). The van der Waals surface area contributed by atoms with E-state index in [4.69, 9.17) is 4.43 Å². The Morgan fingerprint density at radius 1 is 1.24 bits per heavy atom. The Morgan fingerprint density at radius 2 is 1.95 bits per heavy atom. The van der Waals surface area contributed by atoms with Gasteiger partial charge in [0.2, 0.25) is 0 Å². The Hall–Kier alpha value is -1.63. The van der Waals surface area contributed by atoms with Crippen LogP contribution in [0.4, 0.5) is 0 Å². The van der Waals surface area contributed by atoms with E-state index in [2.05, 4.69) is 57.3 Å². The van der Waals surface area contributed by atoms with Gasteiger partial charge in [-0.1, -0.05) is 48.9 Å². The van der Waals surface area contributed by atoms with Crippen LogP contribution in [-0.2, 0) is 10.0 Å². The second kappa shape index (κ2) is 5.63. The Bertz CT molecular complexity index is 702. The van der Waals surface area contributed by atoms with Crippen LogP contribution in [0.1, 0.15) is 25.0 Å². The fourth-order valence-electron chi connectivity index (χ4n) is 2.57. The average Bonchev–Trinajstić information content (AvgIpc) is 2.46. The normalized spacial score (nSPS) is 14.7. The summed E-state index contributed by atoms with van der Waals surface area (Å²) in [6.07, 6.45) is 0. The van der Waals surface area contributed by atoms with Gasteiger partial charge in [0.1, 0.15) is 6.07 Å². The molecular formula is C18H23NOSi. The van der Waals surface area contributed by atoms with E-state index in [0.29, 0.717) is 0 Å². The Kier molecular flexibility index (Phi) is 4.22. The van der Waals surface area contributed by atoms with E-state index in [1.807, 2.05) is 19.1 Å². The fraction of sp³-hybridized carbons (Fsp3) is 0.389. The van der Waals surface area contributed by atoms with E-state index in [0.717, 1.165) is 22.4 Å². The Labute approximate surface area is 128 Å². The minimum atomic E-state index is -1.84. The summed E-state index contributed by atoms with van der Waals surface area (Å²) < 4.78 is 6.34. The highest BCUT2D eigenvalue weighted by atomic mass is 28.4. The molecule has 0 bridgehead atoms. The fourth-order valence-corrected chi connectivity index (χ4v) is 3.97. The number of hydrogen-bond donors (Lipinski definition) is 0. The number of nitriles is 1. The minimum absolute atomic E-state index is 0.890. The molecule has 0 aliphatic carbocycles. The molecule has 0 aliphatic rings. The van der Waals surface area contributed by atoms with Crippen molar-refractivity contribution in [3.8, 4) is 6.07 Å². The molecule has 3 heteroatoms. The summed E-state index contributed by atoms with van der Waals surface area (Å²) >= 11 is 0. The van der Waals surface area contributed by atoms with Gasteiger partial charge in [0.25, 0.3) is 0 Å². The van der Waals surface area contributed by atoms with Crippen LogP contribution in [-0.4, -0.2) is 8.32 Å². The summed E-state index contributed by atoms with van der Waals surface area (Å²) in [5, 5.41) is 12.0. The third-order valence-corrected chi connectivity index (χ3v) is 6.76. The molecule has 2 nitrogen and oxygen atoms in total. The third kappa shape index (κ3) is 3.17. The topological polar surface area (TPSA) is 33.0 Å². The SMILES string of the molecule is CC[Si](C)(C)OC(C)(C#N)c1cccc2ccc(C)cc12. The monoisotopic (exact) mass is 297 g/mol. The molecule has 0 saturated carbocycles. The van der Waals surface area contributed by atoms with Crippen molar-refractivity contribution in [2.75, 3.05) is 0 Å². The van der Waals surface area contributed by atoms with Crippen molar-refractivity contribution < 1.29 is 4.43 Å². The van der Waals surface area contributed by atoms with Crippen LogP contribution in [0.3, 0.4) is 0 Å². The van der Waals surface area contributed by atoms with Crippen LogP contribution >= 0.6 is 0 Å². The molecule has 0 fully saturated rings. The van der Waals surface area contributed by atoms with Gasteiger partial charge in [-0.25, -0.2) is 0 Å². The smallest absolute Gasteiger partial charge is 0.189 e. The predicted molar refractivity (Wildman–Crippen MR) is 90.7 cm³/mol. The van der Waals surface area contributed by atoms with Crippen LogP contribution in [0.15, 0.2) is 36.4 Å². The van der Waals surface area contributed by atoms with Crippen molar-refractivity contribution in [2.45, 2.75) is 45.5 Å². The zero-order chi connectivity index (χ0) is 15.7. The predicted octanol–water partition coefficient (Wildman–Crippen LogP) is 5.13. The lowest BCUT2D eigenvalue weighted by Crippen LogP contribution is -2.39. The third-order valence-electron chi connectivity index (χ3n) is 4.10. The molecule has 1 unspecified atom stereocenters. The molecule has 0 spiro atoms. The van der Waals surface area contributed by atoms with E-state index < -0.39 is 13.9 Å². The highest BCUT2D eigenvalue weighted by Crippen LogP contribution is 2.35. The molecule has 0 saturated heterocycles. The van der Waals surface area contributed by atoms with E-state index >= 15 is 0 Å². The molecule has 0 aliphatic heterocycles. The van der Waals surface area contributed by atoms with E-state index in [1.165, 1.54) is 5.56 Å². The number of fused-ring (bicyclic) bond motifs is 1. The van der Waals surface area contributed by atoms with Gasteiger partial charge in [-0.2, -0.15) is 5.26 Å². The van der Waals surface area contributed by atoms with E-state index in [-0.39, 0.29) is 0 Å². The average molecular weight is 297 g/mol. The highest BCUT2D eigenvalue weighted by molar-refractivity contribution is 6.71. The van der Waals surface area contributed by atoms with Crippen molar-refractivity contribution in [3.63, 3.8) is 0 Å². The highest BCUT2D eigenvalue weighted by Gasteiger charge is 2.36. The van der Waals surface area contributed by atoms with Crippen molar-refractivity contribution in [1.29, 1.82) is 5.26 Å². The van der Waals surface area contributed by atoms with Gasteiger partial charge >= 0.3 is 0 Å². The van der Waals surface area contributed by atoms with Crippen LogP contribution in [0.5, 0.6) is 0 Å². The van der Waals surface area contributed by atoms with Crippen molar-refractivity contribution in [2.24, 2.45) is 0 Å². The van der Waals surface area contributed by atoms with Gasteiger partial charge in [-0.15, -0.1) is 0 Å². The van der Waals surface area contributed by atoms with Crippen LogP contribution in [0, 0.1) is 18.3 Å². The summed E-state index contributed by atoms with van der Waals surface area (Å²) in [5.41, 5.74) is 1.28. The second-order valence-corrected chi connectivity index (χ2v) is 10.8. The Morgan fingerprint density at radius 3 is 2.57 bits per heavy atom. The molecule has 0 heterocycles.